The number of hydrogen-bond donors (Lipinski definition) is 2. The molecule has 0 saturated heterocycles. The maximum Gasteiger partial charge on any atom is 0.227 e. The Labute approximate surface area is 110 Å². The summed E-state index contributed by atoms with van der Waals surface area (Å²) >= 11 is 0. The molecule has 0 fully saturated rings. The van der Waals surface area contributed by atoms with E-state index in [1.54, 1.807) is 0 Å². The fourth-order valence-corrected chi connectivity index (χ4v) is 1.23. The van der Waals surface area contributed by atoms with Crippen molar-refractivity contribution in [2.75, 3.05) is 19.8 Å². The highest BCUT2D eigenvalue weighted by molar-refractivity contribution is 5.83. The summed E-state index contributed by atoms with van der Waals surface area (Å²) in [5, 5.41) is 2.83. The molecule has 1 amide bonds. The molecule has 108 valence electrons. The van der Waals surface area contributed by atoms with Crippen LogP contribution in [-0.2, 0) is 14.3 Å². The zero-order valence-corrected chi connectivity index (χ0v) is 12.5. The Balaban J connectivity index is 4.39. The Morgan fingerprint density at radius 3 is 1.94 bits per heavy atom. The lowest BCUT2D eigenvalue weighted by Gasteiger charge is -2.37. The minimum atomic E-state index is -0.657. The number of carbonyl (C=O) groups excluding carboxylic acids is 1. The summed E-state index contributed by atoms with van der Waals surface area (Å²) in [6, 6.07) is 0. The van der Waals surface area contributed by atoms with Crippen LogP contribution in [0.4, 0.5) is 0 Å². The van der Waals surface area contributed by atoms with Gasteiger partial charge in [-0.3, -0.25) is 4.79 Å². The lowest BCUT2D eigenvalue weighted by Crippen LogP contribution is -2.56. The quantitative estimate of drug-likeness (QED) is 0.644. The summed E-state index contributed by atoms with van der Waals surface area (Å²) < 4.78 is 10.7. The maximum absolute atomic E-state index is 12.1. The molecule has 18 heavy (non-hydrogen) atoms. The van der Waals surface area contributed by atoms with Gasteiger partial charge >= 0.3 is 0 Å². The van der Waals surface area contributed by atoms with Crippen LogP contribution in [0.25, 0.3) is 0 Å². The Bertz CT molecular complexity index is 253. The third-order valence-electron chi connectivity index (χ3n) is 3.31. The molecule has 0 spiro atoms. The van der Waals surface area contributed by atoms with Crippen molar-refractivity contribution in [1.29, 1.82) is 0 Å². The van der Waals surface area contributed by atoms with E-state index in [2.05, 4.69) is 5.32 Å². The summed E-state index contributed by atoms with van der Waals surface area (Å²) in [5.41, 5.74) is 4.76. The molecule has 3 N–H and O–H groups in total. The van der Waals surface area contributed by atoms with Crippen molar-refractivity contribution in [2.45, 2.75) is 53.4 Å². The van der Waals surface area contributed by atoms with Crippen molar-refractivity contribution in [1.82, 2.24) is 5.32 Å². The predicted molar refractivity (Wildman–Crippen MR) is 72.1 cm³/mol. The van der Waals surface area contributed by atoms with E-state index in [1.807, 2.05) is 41.5 Å². The first-order chi connectivity index (χ1) is 8.16. The number of ether oxygens (including phenoxy) is 2. The number of nitrogens with two attached hydrogens (primary N) is 1. The van der Waals surface area contributed by atoms with Gasteiger partial charge in [0.05, 0.1) is 12.0 Å². The minimum absolute atomic E-state index is 0.0978. The van der Waals surface area contributed by atoms with E-state index in [9.17, 15) is 4.79 Å². The van der Waals surface area contributed by atoms with E-state index in [4.69, 9.17) is 15.2 Å². The summed E-state index contributed by atoms with van der Waals surface area (Å²) in [5.74, 6) is -0.0978. The summed E-state index contributed by atoms with van der Waals surface area (Å²) in [4.78, 5) is 12.1. The van der Waals surface area contributed by atoms with Gasteiger partial charge in [-0.2, -0.15) is 0 Å². The first-order valence-electron chi connectivity index (χ1n) is 6.47. The molecule has 5 heteroatoms. The van der Waals surface area contributed by atoms with Crippen LogP contribution in [0.2, 0.25) is 0 Å². The number of hydrogen-bond acceptors (Lipinski definition) is 4. The van der Waals surface area contributed by atoms with E-state index < -0.39 is 17.2 Å². The third kappa shape index (κ3) is 4.92. The SMILES string of the molecule is CCOC(CNC(=O)C(C)(C)C(C)(C)N)OCC. The Hall–Kier alpha value is -0.650. The van der Waals surface area contributed by atoms with E-state index in [0.717, 1.165) is 0 Å². The van der Waals surface area contributed by atoms with Crippen molar-refractivity contribution in [2.24, 2.45) is 11.1 Å². The van der Waals surface area contributed by atoms with Crippen LogP contribution >= 0.6 is 0 Å². The maximum atomic E-state index is 12.1. The topological polar surface area (TPSA) is 73.6 Å². The summed E-state index contributed by atoms with van der Waals surface area (Å²) in [6.45, 7) is 12.6. The standard InChI is InChI=1S/C13H28N2O3/c1-7-17-10(18-8-2)9-15-11(16)12(3,4)13(5,6)14/h10H,7-9,14H2,1-6H3,(H,15,16). The van der Waals surface area contributed by atoms with Gasteiger partial charge < -0.3 is 20.5 Å². The monoisotopic (exact) mass is 260 g/mol. The molecule has 0 aromatic rings. The van der Waals surface area contributed by atoms with Gasteiger partial charge in [-0.1, -0.05) is 0 Å². The molecule has 0 atom stereocenters. The Morgan fingerprint density at radius 2 is 1.61 bits per heavy atom. The smallest absolute Gasteiger partial charge is 0.227 e. The van der Waals surface area contributed by atoms with Crippen LogP contribution < -0.4 is 11.1 Å². The molecule has 0 aromatic carbocycles. The second kappa shape index (κ2) is 7.07. The van der Waals surface area contributed by atoms with E-state index in [-0.39, 0.29) is 5.91 Å². The Morgan fingerprint density at radius 1 is 1.17 bits per heavy atom. The largest absolute Gasteiger partial charge is 0.351 e. The fraction of sp³-hybridized carbons (Fsp3) is 0.923. The summed E-state index contributed by atoms with van der Waals surface area (Å²) in [7, 11) is 0. The molecule has 0 aromatic heterocycles. The van der Waals surface area contributed by atoms with Gasteiger partial charge in [-0.25, -0.2) is 0 Å². The Kier molecular flexibility index (Phi) is 6.81. The van der Waals surface area contributed by atoms with Crippen LogP contribution in [0.5, 0.6) is 0 Å². The van der Waals surface area contributed by atoms with Gasteiger partial charge in [-0.15, -0.1) is 0 Å². The zero-order chi connectivity index (χ0) is 14.4. The normalized spacial score (nSPS) is 12.9. The van der Waals surface area contributed by atoms with Gasteiger partial charge in [0, 0.05) is 18.8 Å². The van der Waals surface area contributed by atoms with Crippen molar-refractivity contribution in [3.05, 3.63) is 0 Å². The molecule has 0 aliphatic rings. The van der Waals surface area contributed by atoms with Crippen LogP contribution in [0.3, 0.4) is 0 Å². The molecule has 0 radical (unpaired) electrons. The van der Waals surface area contributed by atoms with Crippen LogP contribution in [-0.4, -0.2) is 37.5 Å². The molecule has 0 aliphatic heterocycles. The molecule has 5 nitrogen and oxygen atoms in total. The van der Waals surface area contributed by atoms with Gasteiger partial charge in [0.2, 0.25) is 5.91 Å². The predicted octanol–water partition coefficient (Wildman–Crippen LogP) is 1.27. The molecule has 0 bridgehead atoms. The van der Waals surface area contributed by atoms with Crippen molar-refractivity contribution in [3.63, 3.8) is 0 Å². The second-order valence-corrected chi connectivity index (χ2v) is 5.40. The van der Waals surface area contributed by atoms with Gasteiger partial charge in [0.1, 0.15) is 0 Å². The highest BCUT2D eigenvalue weighted by Gasteiger charge is 2.40. The van der Waals surface area contributed by atoms with Crippen molar-refractivity contribution >= 4 is 5.91 Å². The van der Waals surface area contributed by atoms with Crippen LogP contribution in [0, 0.1) is 5.41 Å². The lowest BCUT2D eigenvalue weighted by molar-refractivity contribution is -0.146. The number of amides is 1. The summed E-state index contributed by atoms with van der Waals surface area (Å²) in [6.07, 6.45) is -0.402. The number of rotatable bonds is 8. The van der Waals surface area contributed by atoms with E-state index >= 15 is 0 Å². The van der Waals surface area contributed by atoms with Crippen molar-refractivity contribution in [3.8, 4) is 0 Å². The first-order valence-corrected chi connectivity index (χ1v) is 6.47. The molecular formula is C13H28N2O3. The number of carbonyl (C=O) groups is 1. The molecule has 0 heterocycles. The molecule has 0 saturated carbocycles. The highest BCUT2D eigenvalue weighted by Crippen LogP contribution is 2.28. The van der Waals surface area contributed by atoms with E-state index in [0.29, 0.717) is 19.8 Å². The first kappa shape index (κ1) is 17.4. The van der Waals surface area contributed by atoms with Crippen LogP contribution in [0.15, 0.2) is 0 Å². The van der Waals surface area contributed by atoms with Gasteiger partial charge in [0.15, 0.2) is 6.29 Å². The average Bonchev–Trinajstić information content (AvgIpc) is 2.24. The highest BCUT2D eigenvalue weighted by atomic mass is 16.7. The van der Waals surface area contributed by atoms with E-state index in [1.165, 1.54) is 0 Å². The molecular weight excluding hydrogens is 232 g/mol. The van der Waals surface area contributed by atoms with Gasteiger partial charge in [-0.05, 0) is 41.5 Å². The lowest BCUT2D eigenvalue weighted by atomic mass is 9.74. The molecule has 0 aliphatic carbocycles. The second-order valence-electron chi connectivity index (χ2n) is 5.40. The zero-order valence-electron chi connectivity index (χ0n) is 12.5. The van der Waals surface area contributed by atoms with Crippen LogP contribution in [0.1, 0.15) is 41.5 Å². The minimum Gasteiger partial charge on any atom is -0.351 e. The number of nitrogens with one attached hydrogen (secondary N) is 1. The molecule has 0 rings (SSSR count). The average molecular weight is 260 g/mol. The molecule has 0 unspecified atom stereocenters. The third-order valence-corrected chi connectivity index (χ3v) is 3.31. The van der Waals surface area contributed by atoms with Crippen molar-refractivity contribution < 1.29 is 14.3 Å². The fourth-order valence-electron chi connectivity index (χ4n) is 1.23. The van der Waals surface area contributed by atoms with Gasteiger partial charge in [0.25, 0.3) is 0 Å².